The molecule has 0 saturated carbocycles. The van der Waals surface area contributed by atoms with Crippen molar-refractivity contribution in [1.29, 1.82) is 0 Å². The summed E-state index contributed by atoms with van der Waals surface area (Å²) < 4.78 is 0. The van der Waals surface area contributed by atoms with Gasteiger partial charge in [-0.15, -0.1) is 0 Å². The van der Waals surface area contributed by atoms with Crippen molar-refractivity contribution < 1.29 is 5.11 Å². The second kappa shape index (κ2) is 8.43. The molecule has 1 N–H and O–H groups in total. The number of aliphatic hydroxyl groups is 1. The average Bonchev–Trinajstić information content (AvgIpc) is 2.31. The molecule has 1 aliphatic heterocycles. The van der Waals surface area contributed by atoms with Gasteiger partial charge in [-0.1, -0.05) is 19.8 Å². The van der Waals surface area contributed by atoms with Crippen molar-refractivity contribution in [2.24, 2.45) is 5.92 Å². The van der Waals surface area contributed by atoms with Crippen LogP contribution in [0.2, 0.25) is 0 Å². The van der Waals surface area contributed by atoms with Gasteiger partial charge in [0.2, 0.25) is 0 Å². The monoisotopic (exact) mass is 231 g/mol. The molecule has 1 rings (SSSR count). The Morgan fingerprint density at radius 1 is 1.27 bits per heavy atom. The smallest absolute Gasteiger partial charge is 0.0459 e. The summed E-state index contributed by atoms with van der Waals surface area (Å²) in [6.07, 6.45) is 4.91. The zero-order valence-electron chi connectivity index (χ0n) is 9.95. The molecule has 0 spiro atoms. The van der Waals surface area contributed by atoms with Gasteiger partial charge in [0.1, 0.15) is 0 Å². The van der Waals surface area contributed by atoms with Crippen molar-refractivity contribution in [3.8, 4) is 0 Å². The predicted octanol–water partition coefficient (Wildman–Crippen LogP) is 2.22. The number of hydrogen-bond acceptors (Lipinski definition) is 3. The minimum Gasteiger partial charge on any atom is -0.396 e. The molecule has 1 heterocycles. The lowest BCUT2D eigenvalue weighted by Crippen LogP contribution is -2.33. The fourth-order valence-electron chi connectivity index (χ4n) is 2.02. The van der Waals surface area contributed by atoms with E-state index in [-0.39, 0.29) is 0 Å². The molecule has 0 bridgehead atoms. The molecule has 3 heteroatoms. The summed E-state index contributed by atoms with van der Waals surface area (Å²) in [7, 11) is 0. The second-order valence-electron chi connectivity index (χ2n) is 4.41. The molecule has 1 fully saturated rings. The zero-order chi connectivity index (χ0) is 10.9. The molecule has 2 nitrogen and oxygen atoms in total. The third kappa shape index (κ3) is 5.79. The summed E-state index contributed by atoms with van der Waals surface area (Å²) in [4.78, 5) is 2.58. The number of nitrogens with zero attached hydrogens (tertiary/aromatic N) is 1. The third-order valence-electron chi connectivity index (χ3n) is 3.28. The van der Waals surface area contributed by atoms with E-state index >= 15 is 0 Å². The lowest BCUT2D eigenvalue weighted by molar-refractivity contribution is 0.208. The quantitative estimate of drug-likeness (QED) is 0.680. The lowest BCUT2D eigenvalue weighted by atomic mass is 10.0. The highest BCUT2D eigenvalue weighted by atomic mass is 32.2. The summed E-state index contributed by atoms with van der Waals surface area (Å²) in [5, 5.41) is 9.06. The van der Waals surface area contributed by atoms with Gasteiger partial charge in [0.05, 0.1) is 0 Å². The van der Waals surface area contributed by atoms with Crippen LogP contribution in [0.1, 0.15) is 32.6 Å². The number of thioether (sulfide) groups is 1. The maximum atomic E-state index is 9.06. The Labute approximate surface area is 98.4 Å². The summed E-state index contributed by atoms with van der Waals surface area (Å²) >= 11 is 2.08. The van der Waals surface area contributed by atoms with E-state index in [1.165, 1.54) is 50.4 Å². The molecule has 0 aromatic carbocycles. The van der Waals surface area contributed by atoms with E-state index in [4.69, 9.17) is 5.11 Å². The van der Waals surface area contributed by atoms with Crippen LogP contribution in [0.4, 0.5) is 0 Å². The highest BCUT2D eigenvalue weighted by Crippen LogP contribution is 2.13. The van der Waals surface area contributed by atoms with E-state index in [0.29, 0.717) is 12.5 Å². The fraction of sp³-hybridized carbons (Fsp3) is 1.00. The molecular formula is C12H25NOS. The highest BCUT2D eigenvalue weighted by molar-refractivity contribution is 7.99. The summed E-state index contributed by atoms with van der Waals surface area (Å²) in [5.41, 5.74) is 0. The van der Waals surface area contributed by atoms with Crippen LogP contribution in [0.3, 0.4) is 0 Å². The first-order valence-corrected chi connectivity index (χ1v) is 7.43. The van der Waals surface area contributed by atoms with Gasteiger partial charge >= 0.3 is 0 Å². The minimum absolute atomic E-state index is 0.372. The molecule has 0 aliphatic carbocycles. The van der Waals surface area contributed by atoms with Gasteiger partial charge in [0.15, 0.2) is 0 Å². The Morgan fingerprint density at radius 2 is 2.00 bits per heavy atom. The normalized spacial score (nSPS) is 20.4. The van der Waals surface area contributed by atoms with Gasteiger partial charge in [0, 0.05) is 31.2 Å². The van der Waals surface area contributed by atoms with Gasteiger partial charge in [0.25, 0.3) is 0 Å². The average molecular weight is 231 g/mol. The van der Waals surface area contributed by atoms with E-state index in [2.05, 4.69) is 23.6 Å². The van der Waals surface area contributed by atoms with Crippen LogP contribution in [0.25, 0.3) is 0 Å². The van der Waals surface area contributed by atoms with Gasteiger partial charge in [-0.3, -0.25) is 0 Å². The molecule has 1 atom stereocenters. The van der Waals surface area contributed by atoms with E-state index < -0.39 is 0 Å². The largest absolute Gasteiger partial charge is 0.396 e. The number of unbranched alkanes of at least 4 members (excludes halogenated alkanes) is 1. The Morgan fingerprint density at radius 3 is 2.60 bits per heavy atom. The van der Waals surface area contributed by atoms with Crippen molar-refractivity contribution in [2.45, 2.75) is 32.6 Å². The predicted molar refractivity (Wildman–Crippen MR) is 68.5 cm³/mol. The van der Waals surface area contributed by atoms with Gasteiger partial charge in [-0.2, -0.15) is 11.8 Å². The summed E-state index contributed by atoms with van der Waals surface area (Å²) in [6, 6.07) is 0. The van der Waals surface area contributed by atoms with E-state index in [1.54, 1.807) is 0 Å². The van der Waals surface area contributed by atoms with Crippen LogP contribution >= 0.6 is 11.8 Å². The van der Waals surface area contributed by atoms with Crippen LogP contribution in [-0.2, 0) is 0 Å². The number of aliphatic hydroxyl groups excluding tert-OH is 1. The Bertz CT molecular complexity index is 145. The van der Waals surface area contributed by atoms with Gasteiger partial charge in [-0.25, -0.2) is 0 Å². The zero-order valence-corrected chi connectivity index (χ0v) is 10.8. The Hall–Kier alpha value is 0.270. The molecule has 0 amide bonds. The van der Waals surface area contributed by atoms with Crippen molar-refractivity contribution in [3.05, 3.63) is 0 Å². The molecule has 0 aromatic heterocycles. The number of hydrogen-bond donors (Lipinski definition) is 1. The molecule has 1 unspecified atom stereocenters. The van der Waals surface area contributed by atoms with Crippen molar-refractivity contribution in [3.63, 3.8) is 0 Å². The van der Waals surface area contributed by atoms with E-state index in [0.717, 1.165) is 6.42 Å². The Kier molecular flexibility index (Phi) is 7.49. The lowest BCUT2D eigenvalue weighted by Gasteiger charge is -2.26. The van der Waals surface area contributed by atoms with Crippen LogP contribution < -0.4 is 0 Å². The highest BCUT2D eigenvalue weighted by Gasteiger charge is 2.10. The van der Waals surface area contributed by atoms with E-state index in [1.807, 2.05) is 0 Å². The summed E-state index contributed by atoms with van der Waals surface area (Å²) in [5.74, 6) is 3.17. The first-order chi connectivity index (χ1) is 7.36. The van der Waals surface area contributed by atoms with Gasteiger partial charge in [-0.05, 0) is 25.3 Å². The SMILES string of the molecule is CCC(CO)CCCCN1CCSCC1. The maximum absolute atomic E-state index is 9.06. The molecular weight excluding hydrogens is 206 g/mol. The molecule has 0 aromatic rings. The van der Waals surface area contributed by atoms with Crippen LogP contribution in [0.15, 0.2) is 0 Å². The molecule has 1 aliphatic rings. The Balaban J connectivity index is 1.95. The molecule has 15 heavy (non-hydrogen) atoms. The summed E-state index contributed by atoms with van der Waals surface area (Å²) in [6.45, 7) is 6.37. The van der Waals surface area contributed by atoms with Crippen molar-refractivity contribution in [2.75, 3.05) is 37.7 Å². The first kappa shape index (κ1) is 13.3. The maximum Gasteiger partial charge on any atom is 0.0459 e. The van der Waals surface area contributed by atoms with Crippen molar-refractivity contribution >= 4 is 11.8 Å². The van der Waals surface area contributed by atoms with Gasteiger partial charge < -0.3 is 10.0 Å². The molecule has 90 valence electrons. The molecule has 0 radical (unpaired) electrons. The van der Waals surface area contributed by atoms with Crippen LogP contribution in [0, 0.1) is 5.92 Å². The second-order valence-corrected chi connectivity index (χ2v) is 5.63. The fourth-order valence-corrected chi connectivity index (χ4v) is 3.00. The number of rotatable bonds is 7. The molecule has 1 saturated heterocycles. The van der Waals surface area contributed by atoms with Crippen molar-refractivity contribution in [1.82, 2.24) is 4.90 Å². The third-order valence-corrected chi connectivity index (χ3v) is 4.22. The topological polar surface area (TPSA) is 23.5 Å². The van der Waals surface area contributed by atoms with Crippen LogP contribution in [0.5, 0.6) is 0 Å². The van der Waals surface area contributed by atoms with Crippen LogP contribution in [-0.4, -0.2) is 47.8 Å². The van der Waals surface area contributed by atoms with E-state index in [9.17, 15) is 0 Å². The standard InChI is InChI=1S/C12H25NOS/c1-2-12(11-14)5-3-4-6-13-7-9-15-10-8-13/h12,14H,2-11H2,1H3. The first-order valence-electron chi connectivity index (χ1n) is 6.27. The minimum atomic E-state index is 0.372.